The van der Waals surface area contributed by atoms with E-state index in [1.807, 2.05) is 0 Å². The van der Waals surface area contributed by atoms with Crippen molar-refractivity contribution in [2.24, 2.45) is 0 Å². The fraction of sp³-hybridized carbons (Fsp3) is 0.235. The van der Waals surface area contributed by atoms with Crippen molar-refractivity contribution >= 4 is 21.5 Å². The van der Waals surface area contributed by atoms with E-state index < -0.39 is 0 Å². The molecule has 0 aliphatic heterocycles. The number of hydrogen-bond donors (Lipinski definition) is 0. The van der Waals surface area contributed by atoms with Gasteiger partial charge in [0.2, 0.25) is 12.7 Å². The summed E-state index contributed by atoms with van der Waals surface area (Å²) in [5, 5.41) is 5.19. The third kappa shape index (κ3) is 8.40. The monoisotopic (exact) mass is 786 g/mol. The Kier molecular flexibility index (Phi) is 12.4. The molecule has 218 valence electrons. The number of rotatable bonds is 13. The van der Waals surface area contributed by atoms with E-state index in [1.165, 1.54) is 32.7 Å². The Hall–Kier alpha value is -2.80. The topological polar surface area (TPSA) is 36.1 Å². The van der Waals surface area contributed by atoms with Crippen LogP contribution >= 0.6 is 0 Å². The fourth-order valence-corrected chi connectivity index (χ4v) is 5.25. The average molecular weight is 786 g/mol. The number of ether oxygens (including phenoxy) is 2. The van der Waals surface area contributed by atoms with E-state index in [0.29, 0.717) is 26.4 Å². The number of fused-ring (bicyclic) bond motifs is 2. The second-order valence-corrected chi connectivity index (χ2v) is 10.1. The number of imidazole rings is 2. The average Bonchev–Trinajstić information content (AvgIpc) is 3.64. The molecule has 0 fully saturated rings. The van der Waals surface area contributed by atoms with E-state index in [9.17, 15) is 0 Å². The van der Waals surface area contributed by atoms with E-state index in [0.717, 1.165) is 26.2 Å². The number of benzene rings is 4. The summed E-state index contributed by atoms with van der Waals surface area (Å²) in [6.07, 6.45) is 12.7. The van der Waals surface area contributed by atoms with Crippen LogP contribution in [0.25, 0.3) is 21.5 Å². The van der Waals surface area contributed by atoms with Crippen LogP contribution in [0.3, 0.4) is 0 Å². The summed E-state index contributed by atoms with van der Waals surface area (Å²) >= 11 is 0. The first-order chi connectivity index (χ1) is 19.8. The molecule has 0 bridgehead atoms. The van der Waals surface area contributed by atoms with E-state index in [2.05, 4.69) is 141 Å². The van der Waals surface area contributed by atoms with Gasteiger partial charge in [-0.2, -0.15) is 0 Å². The van der Waals surface area contributed by atoms with Crippen LogP contribution in [0.15, 0.2) is 122 Å². The van der Waals surface area contributed by atoms with Gasteiger partial charge < -0.3 is 57.4 Å². The smallest absolute Gasteiger partial charge is 0.244 e. The summed E-state index contributed by atoms with van der Waals surface area (Å²) in [6.45, 7) is 5.89. The highest BCUT2D eigenvalue weighted by atomic mass is 127. The van der Waals surface area contributed by atoms with Gasteiger partial charge >= 0.3 is 0 Å². The molecule has 0 amide bonds. The molecule has 6 aromatic rings. The highest BCUT2D eigenvalue weighted by Gasteiger charge is 2.09. The van der Waals surface area contributed by atoms with Gasteiger partial charge in [0.25, 0.3) is 0 Å². The summed E-state index contributed by atoms with van der Waals surface area (Å²) in [5.41, 5.74) is 2.66. The lowest BCUT2D eigenvalue weighted by Crippen LogP contribution is -3.00. The Morgan fingerprint density at radius 1 is 0.500 bits per heavy atom. The molecule has 6 nitrogen and oxygen atoms in total. The molecule has 0 atom stereocenters. The van der Waals surface area contributed by atoms with Crippen LogP contribution in [0.5, 0.6) is 0 Å². The van der Waals surface area contributed by atoms with Crippen molar-refractivity contribution in [3.8, 4) is 0 Å². The highest BCUT2D eigenvalue weighted by Crippen LogP contribution is 2.19. The zero-order valence-corrected chi connectivity index (χ0v) is 27.9. The van der Waals surface area contributed by atoms with Gasteiger partial charge in [-0.15, -0.1) is 0 Å². The standard InChI is InChI=1S/C34H36N4O2.2HI/c1-3-13-33-29(7-1)9-5-11-31(33)25-37-17-15-35(27-37)19-21-39-23-24-40-22-20-36-16-18-38(28-36)26-32-12-6-10-30-8-2-4-14-34(30)32;;/h1-18,27-28H,19-26H2;2*1H/q+2;;/p-2. The molecule has 8 heteroatoms. The minimum Gasteiger partial charge on any atom is -1.00 e. The van der Waals surface area contributed by atoms with Gasteiger partial charge in [-0.05, 0) is 21.5 Å². The van der Waals surface area contributed by atoms with Gasteiger partial charge in [-0.1, -0.05) is 84.9 Å². The lowest BCUT2D eigenvalue weighted by Gasteiger charge is -2.05. The number of halogens is 2. The molecular weight excluding hydrogens is 750 g/mol. The Morgan fingerprint density at radius 3 is 1.40 bits per heavy atom. The normalized spacial score (nSPS) is 11.0. The van der Waals surface area contributed by atoms with E-state index in [1.54, 1.807) is 0 Å². The number of aromatic nitrogens is 4. The van der Waals surface area contributed by atoms with Crippen molar-refractivity contribution in [2.75, 3.05) is 26.4 Å². The van der Waals surface area contributed by atoms with Crippen molar-refractivity contribution in [1.29, 1.82) is 0 Å². The molecule has 0 saturated carbocycles. The van der Waals surface area contributed by atoms with Gasteiger partial charge in [-0.25, -0.2) is 18.3 Å². The molecule has 0 spiro atoms. The number of nitrogens with zero attached hydrogens (tertiary/aromatic N) is 4. The summed E-state index contributed by atoms with van der Waals surface area (Å²) in [5.74, 6) is 0. The summed E-state index contributed by atoms with van der Waals surface area (Å²) in [6, 6.07) is 30.1. The predicted octanol–water partition coefficient (Wildman–Crippen LogP) is -0.991. The van der Waals surface area contributed by atoms with Crippen molar-refractivity contribution < 1.29 is 66.6 Å². The van der Waals surface area contributed by atoms with Crippen LogP contribution in [0.4, 0.5) is 0 Å². The molecule has 0 N–H and O–H groups in total. The molecule has 0 aliphatic rings. The second-order valence-electron chi connectivity index (χ2n) is 10.1. The SMILES string of the molecule is [I-].[I-].c1ccc2c(C[n+]3ccn(CCOCCOCCn4cc[n+](Cc5cccc6ccccc56)c4)c3)cccc2c1. The number of hydrogen-bond acceptors (Lipinski definition) is 2. The molecule has 2 aromatic heterocycles. The maximum atomic E-state index is 5.81. The Bertz CT molecular complexity index is 1560. The van der Waals surface area contributed by atoms with Crippen LogP contribution < -0.4 is 57.1 Å². The van der Waals surface area contributed by atoms with E-state index >= 15 is 0 Å². The maximum absolute atomic E-state index is 5.81. The molecule has 2 heterocycles. The first-order valence-electron chi connectivity index (χ1n) is 14.0. The summed E-state index contributed by atoms with van der Waals surface area (Å²) < 4.78 is 20.4. The van der Waals surface area contributed by atoms with Crippen LogP contribution in [0.1, 0.15) is 11.1 Å². The minimum atomic E-state index is 0. The lowest BCUT2D eigenvalue weighted by molar-refractivity contribution is -0.687. The molecular formula is C34H36I2N4O2. The van der Waals surface area contributed by atoms with Crippen molar-refractivity contribution in [3.63, 3.8) is 0 Å². The van der Waals surface area contributed by atoms with Gasteiger partial charge in [0.15, 0.2) is 0 Å². The quantitative estimate of drug-likeness (QED) is 0.0858. The third-order valence-electron chi connectivity index (χ3n) is 7.32. The highest BCUT2D eigenvalue weighted by molar-refractivity contribution is 5.86. The second kappa shape index (κ2) is 16.2. The molecule has 42 heavy (non-hydrogen) atoms. The zero-order chi connectivity index (χ0) is 27.0. The van der Waals surface area contributed by atoms with E-state index in [-0.39, 0.29) is 48.0 Å². The zero-order valence-electron chi connectivity index (χ0n) is 23.6. The summed E-state index contributed by atoms with van der Waals surface area (Å²) in [7, 11) is 0. The predicted molar refractivity (Wildman–Crippen MR) is 157 cm³/mol. The molecule has 0 saturated heterocycles. The Morgan fingerprint density at radius 2 is 0.929 bits per heavy atom. The van der Waals surface area contributed by atoms with Crippen molar-refractivity contribution in [3.05, 3.63) is 133 Å². The van der Waals surface area contributed by atoms with Gasteiger partial charge in [0.05, 0.1) is 26.4 Å². The van der Waals surface area contributed by atoms with Gasteiger partial charge in [0, 0.05) is 11.1 Å². The van der Waals surface area contributed by atoms with Crippen molar-refractivity contribution in [2.45, 2.75) is 26.2 Å². The fourth-order valence-electron chi connectivity index (χ4n) is 5.25. The largest absolute Gasteiger partial charge is 1.00 e. The Labute approximate surface area is 281 Å². The molecule has 4 aromatic carbocycles. The van der Waals surface area contributed by atoms with Crippen LogP contribution in [0.2, 0.25) is 0 Å². The minimum absolute atomic E-state index is 0. The maximum Gasteiger partial charge on any atom is 0.244 e. The van der Waals surface area contributed by atoms with Crippen molar-refractivity contribution in [1.82, 2.24) is 9.13 Å². The van der Waals surface area contributed by atoms with Gasteiger partial charge in [0.1, 0.15) is 51.0 Å². The molecule has 0 radical (unpaired) electrons. The first-order valence-corrected chi connectivity index (χ1v) is 14.0. The van der Waals surface area contributed by atoms with E-state index in [4.69, 9.17) is 9.47 Å². The third-order valence-corrected chi connectivity index (χ3v) is 7.32. The first kappa shape index (κ1) is 32.1. The molecule has 0 unspecified atom stereocenters. The van der Waals surface area contributed by atoms with Crippen LogP contribution in [-0.4, -0.2) is 35.6 Å². The molecule has 0 aliphatic carbocycles. The van der Waals surface area contributed by atoms with Crippen LogP contribution in [0, 0.1) is 0 Å². The van der Waals surface area contributed by atoms with Crippen LogP contribution in [-0.2, 0) is 35.7 Å². The Balaban J connectivity index is 0.00000202. The van der Waals surface area contributed by atoms with Gasteiger partial charge in [-0.3, -0.25) is 0 Å². The summed E-state index contributed by atoms with van der Waals surface area (Å²) in [4.78, 5) is 0. The molecule has 6 rings (SSSR count). The lowest BCUT2D eigenvalue weighted by atomic mass is 10.0.